The largest absolute Gasteiger partial charge is 0.488 e. The summed E-state index contributed by atoms with van der Waals surface area (Å²) in [6, 6.07) is 8.25. The Balaban J connectivity index is 1.86. The summed E-state index contributed by atoms with van der Waals surface area (Å²) in [6.45, 7) is 4.61. The Bertz CT molecular complexity index is 353. The first-order chi connectivity index (χ1) is 8.16. The standard InChI is InChI=1S/C13H20BNO2/c1-11-3-2-9-15(11)10-8-12-4-6-13(7-5-12)14(16)17/h4-7,11,16-17H,2-3,8-10H2,1H3. The molecule has 0 amide bonds. The Morgan fingerprint density at radius 3 is 2.53 bits per heavy atom. The van der Waals surface area contributed by atoms with Crippen molar-refractivity contribution in [2.45, 2.75) is 32.2 Å². The molecule has 0 aliphatic carbocycles. The predicted molar refractivity (Wildman–Crippen MR) is 70.2 cm³/mol. The van der Waals surface area contributed by atoms with Crippen LogP contribution in [0.5, 0.6) is 0 Å². The van der Waals surface area contributed by atoms with E-state index in [2.05, 4.69) is 11.8 Å². The molecular weight excluding hydrogens is 213 g/mol. The lowest BCUT2D eigenvalue weighted by atomic mass is 9.80. The van der Waals surface area contributed by atoms with Crippen LogP contribution in [-0.4, -0.2) is 41.2 Å². The Morgan fingerprint density at radius 1 is 1.29 bits per heavy atom. The third-order valence-electron chi connectivity index (χ3n) is 3.66. The van der Waals surface area contributed by atoms with Crippen LogP contribution in [0.4, 0.5) is 0 Å². The van der Waals surface area contributed by atoms with Crippen LogP contribution in [0, 0.1) is 0 Å². The predicted octanol–water partition coefficient (Wildman–Crippen LogP) is 0.393. The molecule has 0 spiro atoms. The fourth-order valence-corrected chi connectivity index (χ4v) is 2.45. The number of benzene rings is 1. The van der Waals surface area contributed by atoms with Crippen LogP contribution >= 0.6 is 0 Å². The summed E-state index contributed by atoms with van der Waals surface area (Å²) >= 11 is 0. The number of nitrogens with zero attached hydrogens (tertiary/aromatic N) is 1. The summed E-state index contributed by atoms with van der Waals surface area (Å²) in [7, 11) is -1.36. The summed E-state index contributed by atoms with van der Waals surface area (Å²) in [5.41, 5.74) is 1.82. The lowest BCUT2D eigenvalue weighted by Gasteiger charge is -2.20. The minimum atomic E-state index is -1.36. The molecular formula is C13H20BNO2. The lowest BCUT2D eigenvalue weighted by molar-refractivity contribution is 0.272. The maximum atomic E-state index is 9.00. The highest BCUT2D eigenvalue weighted by Crippen LogP contribution is 2.16. The molecule has 0 aromatic heterocycles. The third kappa shape index (κ3) is 3.31. The van der Waals surface area contributed by atoms with E-state index in [-0.39, 0.29) is 0 Å². The Morgan fingerprint density at radius 2 is 2.00 bits per heavy atom. The van der Waals surface area contributed by atoms with Gasteiger partial charge in [-0.05, 0) is 43.8 Å². The van der Waals surface area contributed by atoms with Gasteiger partial charge >= 0.3 is 7.12 Å². The van der Waals surface area contributed by atoms with Gasteiger partial charge in [0.25, 0.3) is 0 Å². The van der Waals surface area contributed by atoms with Crippen LogP contribution in [-0.2, 0) is 6.42 Å². The molecule has 2 N–H and O–H groups in total. The quantitative estimate of drug-likeness (QED) is 0.739. The second-order valence-electron chi connectivity index (χ2n) is 4.89. The van der Waals surface area contributed by atoms with Gasteiger partial charge in [-0.3, -0.25) is 0 Å². The summed E-state index contributed by atoms with van der Waals surface area (Å²) < 4.78 is 0. The van der Waals surface area contributed by atoms with Crippen molar-refractivity contribution < 1.29 is 10.0 Å². The van der Waals surface area contributed by atoms with E-state index in [1.165, 1.54) is 24.9 Å². The van der Waals surface area contributed by atoms with Crippen molar-refractivity contribution in [1.29, 1.82) is 0 Å². The fraction of sp³-hybridized carbons (Fsp3) is 0.538. The van der Waals surface area contributed by atoms with Gasteiger partial charge in [0.1, 0.15) is 0 Å². The van der Waals surface area contributed by atoms with Crippen molar-refractivity contribution >= 4 is 12.6 Å². The number of hydrogen-bond donors (Lipinski definition) is 2. The van der Waals surface area contributed by atoms with Crippen molar-refractivity contribution in [2.75, 3.05) is 13.1 Å². The van der Waals surface area contributed by atoms with Gasteiger partial charge in [-0.25, -0.2) is 0 Å². The molecule has 1 fully saturated rings. The average Bonchev–Trinajstić information content (AvgIpc) is 2.73. The summed E-state index contributed by atoms with van der Waals surface area (Å²) in [4.78, 5) is 2.52. The maximum Gasteiger partial charge on any atom is 0.488 e. The average molecular weight is 233 g/mol. The fourth-order valence-electron chi connectivity index (χ4n) is 2.45. The molecule has 0 saturated carbocycles. The Labute approximate surface area is 103 Å². The zero-order valence-electron chi connectivity index (χ0n) is 10.3. The molecule has 1 aliphatic rings. The van der Waals surface area contributed by atoms with Gasteiger partial charge in [0.05, 0.1) is 0 Å². The van der Waals surface area contributed by atoms with Gasteiger partial charge in [0.2, 0.25) is 0 Å². The molecule has 0 radical (unpaired) electrons. The van der Waals surface area contributed by atoms with Gasteiger partial charge in [-0.15, -0.1) is 0 Å². The van der Waals surface area contributed by atoms with Crippen LogP contribution in [0.2, 0.25) is 0 Å². The first kappa shape index (κ1) is 12.6. The highest BCUT2D eigenvalue weighted by molar-refractivity contribution is 6.58. The van der Waals surface area contributed by atoms with E-state index < -0.39 is 7.12 Å². The van der Waals surface area contributed by atoms with Crippen LogP contribution in [0.15, 0.2) is 24.3 Å². The van der Waals surface area contributed by atoms with E-state index in [4.69, 9.17) is 10.0 Å². The van der Waals surface area contributed by atoms with Crippen molar-refractivity contribution in [3.63, 3.8) is 0 Å². The van der Waals surface area contributed by atoms with Crippen molar-refractivity contribution in [3.05, 3.63) is 29.8 Å². The van der Waals surface area contributed by atoms with Crippen LogP contribution in [0.3, 0.4) is 0 Å². The molecule has 2 rings (SSSR count). The highest BCUT2D eigenvalue weighted by Gasteiger charge is 2.19. The monoisotopic (exact) mass is 233 g/mol. The van der Waals surface area contributed by atoms with Gasteiger partial charge < -0.3 is 14.9 Å². The summed E-state index contributed by atoms with van der Waals surface area (Å²) in [5, 5.41) is 18.0. The highest BCUT2D eigenvalue weighted by atomic mass is 16.4. The van der Waals surface area contributed by atoms with Crippen molar-refractivity contribution in [2.24, 2.45) is 0 Å². The molecule has 1 aliphatic heterocycles. The molecule has 4 heteroatoms. The van der Waals surface area contributed by atoms with Crippen molar-refractivity contribution in [3.8, 4) is 0 Å². The minimum absolute atomic E-state index is 0.559. The molecule has 1 unspecified atom stereocenters. The van der Waals surface area contributed by atoms with Crippen LogP contribution < -0.4 is 5.46 Å². The first-order valence-corrected chi connectivity index (χ1v) is 6.36. The second kappa shape index (κ2) is 5.67. The maximum absolute atomic E-state index is 9.00. The molecule has 1 heterocycles. The SMILES string of the molecule is CC1CCCN1CCc1ccc(B(O)O)cc1. The zero-order valence-corrected chi connectivity index (χ0v) is 10.3. The topological polar surface area (TPSA) is 43.7 Å². The van der Waals surface area contributed by atoms with Crippen LogP contribution in [0.1, 0.15) is 25.3 Å². The van der Waals surface area contributed by atoms with Gasteiger partial charge in [0, 0.05) is 12.6 Å². The third-order valence-corrected chi connectivity index (χ3v) is 3.66. The van der Waals surface area contributed by atoms with Gasteiger partial charge in [0.15, 0.2) is 0 Å². The van der Waals surface area contributed by atoms with E-state index in [0.717, 1.165) is 13.0 Å². The first-order valence-electron chi connectivity index (χ1n) is 6.36. The number of rotatable bonds is 4. The molecule has 1 atom stereocenters. The summed E-state index contributed by atoms with van der Waals surface area (Å²) in [6.07, 6.45) is 3.67. The molecule has 0 bridgehead atoms. The van der Waals surface area contributed by atoms with E-state index in [0.29, 0.717) is 11.5 Å². The molecule has 92 valence electrons. The molecule has 1 aromatic rings. The lowest BCUT2D eigenvalue weighted by Crippen LogP contribution is -2.30. The Kier molecular flexibility index (Phi) is 4.21. The van der Waals surface area contributed by atoms with Gasteiger partial charge in [-0.2, -0.15) is 0 Å². The van der Waals surface area contributed by atoms with E-state index >= 15 is 0 Å². The van der Waals surface area contributed by atoms with E-state index in [1.807, 2.05) is 12.1 Å². The normalized spacial score (nSPS) is 20.8. The number of likely N-dealkylation sites (tertiary alicyclic amines) is 1. The van der Waals surface area contributed by atoms with Crippen molar-refractivity contribution in [1.82, 2.24) is 4.90 Å². The minimum Gasteiger partial charge on any atom is -0.423 e. The van der Waals surface area contributed by atoms with Gasteiger partial charge in [-0.1, -0.05) is 24.3 Å². The molecule has 1 aromatic carbocycles. The van der Waals surface area contributed by atoms with E-state index in [9.17, 15) is 0 Å². The van der Waals surface area contributed by atoms with Crippen LogP contribution in [0.25, 0.3) is 0 Å². The molecule has 17 heavy (non-hydrogen) atoms. The molecule has 1 saturated heterocycles. The Hall–Kier alpha value is -0.835. The molecule has 3 nitrogen and oxygen atoms in total. The zero-order chi connectivity index (χ0) is 12.3. The smallest absolute Gasteiger partial charge is 0.423 e. The second-order valence-corrected chi connectivity index (χ2v) is 4.89. The van der Waals surface area contributed by atoms with E-state index in [1.54, 1.807) is 12.1 Å². The summed E-state index contributed by atoms with van der Waals surface area (Å²) in [5.74, 6) is 0. The number of hydrogen-bond acceptors (Lipinski definition) is 3.